The second kappa shape index (κ2) is 6.75. The van der Waals surface area contributed by atoms with Crippen LogP contribution in [0.25, 0.3) is 5.52 Å². The van der Waals surface area contributed by atoms with Crippen molar-refractivity contribution in [3.05, 3.63) is 66.0 Å². The van der Waals surface area contributed by atoms with E-state index in [4.69, 9.17) is 5.73 Å². The Hall–Kier alpha value is -3.35. The summed E-state index contributed by atoms with van der Waals surface area (Å²) in [5, 5.41) is 4.24. The number of pyridine rings is 1. The first-order chi connectivity index (χ1) is 13.0. The fourth-order valence-electron chi connectivity index (χ4n) is 3.55. The number of rotatable bonds is 2. The van der Waals surface area contributed by atoms with Gasteiger partial charge in [-0.2, -0.15) is 5.10 Å². The van der Waals surface area contributed by atoms with Gasteiger partial charge in [0.2, 0.25) is 0 Å². The maximum atomic E-state index is 13.0. The van der Waals surface area contributed by atoms with Crippen LogP contribution in [-0.2, 0) is 0 Å². The largest absolute Gasteiger partial charge is 0.399 e. The van der Waals surface area contributed by atoms with E-state index in [0.29, 0.717) is 36.4 Å². The molecule has 1 saturated heterocycles. The summed E-state index contributed by atoms with van der Waals surface area (Å²) in [5.41, 5.74) is 8.30. The average molecular weight is 363 g/mol. The van der Waals surface area contributed by atoms with E-state index in [2.05, 4.69) is 5.10 Å². The number of aromatic nitrogens is 2. The van der Waals surface area contributed by atoms with Crippen LogP contribution in [0.2, 0.25) is 0 Å². The van der Waals surface area contributed by atoms with Gasteiger partial charge in [0, 0.05) is 43.1 Å². The van der Waals surface area contributed by atoms with Crippen LogP contribution in [0.3, 0.4) is 0 Å². The number of carbonyl (C=O) groups is 2. The van der Waals surface area contributed by atoms with Crippen molar-refractivity contribution in [2.45, 2.75) is 13.0 Å². The SMILES string of the molecule is CC1CN(C(=O)c2cnn3ccccc23)CCN1C(=O)c1cccc(N)c1. The molecule has 1 aliphatic heterocycles. The third-order valence-corrected chi connectivity index (χ3v) is 4.97. The summed E-state index contributed by atoms with van der Waals surface area (Å²) in [6, 6.07) is 12.5. The summed E-state index contributed by atoms with van der Waals surface area (Å²) in [4.78, 5) is 29.3. The molecule has 2 aromatic heterocycles. The van der Waals surface area contributed by atoms with Gasteiger partial charge in [0.25, 0.3) is 11.8 Å². The van der Waals surface area contributed by atoms with Crippen LogP contribution >= 0.6 is 0 Å². The van der Waals surface area contributed by atoms with Crippen LogP contribution in [0.5, 0.6) is 0 Å². The van der Waals surface area contributed by atoms with Crippen molar-refractivity contribution in [1.29, 1.82) is 0 Å². The topological polar surface area (TPSA) is 83.9 Å². The van der Waals surface area contributed by atoms with Crippen molar-refractivity contribution < 1.29 is 9.59 Å². The molecule has 7 heteroatoms. The Morgan fingerprint density at radius 1 is 1.11 bits per heavy atom. The van der Waals surface area contributed by atoms with Crippen molar-refractivity contribution in [3.8, 4) is 0 Å². The van der Waals surface area contributed by atoms with E-state index in [1.54, 1.807) is 44.8 Å². The standard InChI is InChI=1S/C20H21N5O2/c1-14-13-23(20(27)17-12-22-25-8-3-2-7-18(17)25)9-10-24(14)19(26)15-5-4-6-16(21)11-15/h2-8,11-12,14H,9-10,13,21H2,1H3. The number of benzene rings is 1. The van der Waals surface area contributed by atoms with E-state index >= 15 is 0 Å². The normalized spacial score (nSPS) is 17.3. The number of piperazine rings is 1. The minimum Gasteiger partial charge on any atom is -0.399 e. The molecule has 0 saturated carbocycles. The highest BCUT2D eigenvalue weighted by molar-refractivity contribution is 6.01. The molecule has 2 N–H and O–H groups in total. The number of anilines is 1. The molecule has 0 bridgehead atoms. The number of nitrogens with zero attached hydrogens (tertiary/aromatic N) is 4. The lowest BCUT2D eigenvalue weighted by molar-refractivity contribution is 0.0415. The fourth-order valence-corrected chi connectivity index (χ4v) is 3.55. The van der Waals surface area contributed by atoms with Gasteiger partial charge < -0.3 is 15.5 Å². The second-order valence-electron chi connectivity index (χ2n) is 6.81. The molecule has 4 rings (SSSR count). The number of nitrogen functional groups attached to an aromatic ring is 1. The number of hydrogen-bond acceptors (Lipinski definition) is 4. The Morgan fingerprint density at radius 2 is 1.96 bits per heavy atom. The molecule has 1 aromatic carbocycles. The van der Waals surface area contributed by atoms with Gasteiger partial charge in [0.1, 0.15) is 0 Å². The summed E-state index contributed by atoms with van der Waals surface area (Å²) in [6.07, 6.45) is 3.42. The molecule has 1 atom stereocenters. The molecule has 3 aromatic rings. The van der Waals surface area contributed by atoms with Crippen LogP contribution in [-0.4, -0.2) is 56.9 Å². The maximum absolute atomic E-state index is 13.0. The van der Waals surface area contributed by atoms with E-state index < -0.39 is 0 Å². The highest BCUT2D eigenvalue weighted by Gasteiger charge is 2.31. The number of amides is 2. The van der Waals surface area contributed by atoms with Crippen molar-refractivity contribution in [1.82, 2.24) is 19.4 Å². The first-order valence-electron chi connectivity index (χ1n) is 8.93. The highest BCUT2D eigenvalue weighted by atomic mass is 16.2. The Kier molecular flexibility index (Phi) is 4.27. The lowest BCUT2D eigenvalue weighted by atomic mass is 10.1. The monoisotopic (exact) mass is 363 g/mol. The summed E-state index contributed by atoms with van der Waals surface area (Å²) in [7, 11) is 0. The van der Waals surface area contributed by atoms with Gasteiger partial charge in [0.05, 0.1) is 17.3 Å². The Balaban J connectivity index is 1.50. The van der Waals surface area contributed by atoms with E-state index in [-0.39, 0.29) is 17.9 Å². The molecular formula is C20H21N5O2. The summed E-state index contributed by atoms with van der Waals surface area (Å²) in [6.45, 7) is 3.41. The first kappa shape index (κ1) is 17.1. The Labute approximate surface area is 157 Å². The van der Waals surface area contributed by atoms with E-state index in [0.717, 1.165) is 5.52 Å². The molecule has 2 amide bonds. The van der Waals surface area contributed by atoms with Gasteiger partial charge >= 0.3 is 0 Å². The smallest absolute Gasteiger partial charge is 0.257 e. The van der Waals surface area contributed by atoms with E-state index in [9.17, 15) is 9.59 Å². The molecule has 0 aliphatic carbocycles. The molecule has 0 radical (unpaired) electrons. The zero-order valence-electron chi connectivity index (χ0n) is 15.1. The van der Waals surface area contributed by atoms with E-state index in [1.165, 1.54) is 0 Å². The number of hydrogen-bond donors (Lipinski definition) is 1. The Morgan fingerprint density at radius 3 is 2.74 bits per heavy atom. The van der Waals surface area contributed by atoms with Crippen molar-refractivity contribution >= 4 is 23.0 Å². The van der Waals surface area contributed by atoms with Crippen LogP contribution in [0.4, 0.5) is 5.69 Å². The number of carbonyl (C=O) groups excluding carboxylic acids is 2. The van der Waals surface area contributed by atoms with Gasteiger partial charge in [0.15, 0.2) is 0 Å². The average Bonchev–Trinajstić information content (AvgIpc) is 3.11. The van der Waals surface area contributed by atoms with Gasteiger partial charge in [-0.15, -0.1) is 0 Å². The zero-order chi connectivity index (χ0) is 19.0. The molecule has 1 fully saturated rings. The Bertz CT molecular complexity index is 1010. The van der Waals surface area contributed by atoms with Crippen LogP contribution < -0.4 is 5.73 Å². The molecule has 138 valence electrons. The maximum Gasteiger partial charge on any atom is 0.257 e. The van der Waals surface area contributed by atoms with Gasteiger partial charge in [-0.25, -0.2) is 4.52 Å². The molecule has 1 aliphatic rings. The lowest BCUT2D eigenvalue weighted by Crippen LogP contribution is -2.55. The number of fused-ring (bicyclic) bond motifs is 1. The predicted octanol–water partition coefficient (Wildman–Crippen LogP) is 1.90. The highest BCUT2D eigenvalue weighted by Crippen LogP contribution is 2.19. The fraction of sp³-hybridized carbons (Fsp3) is 0.250. The first-order valence-corrected chi connectivity index (χ1v) is 8.93. The summed E-state index contributed by atoms with van der Waals surface area (Å²) < 4.78 is 1.69. The van der Waals surface area contributed by atoms with Crippen molar-refractivity contribution in [3.63, 3.8) is 0 Å². The molecule has 0 spiro atoms. The minimum absolute atomic E-state index is 0.0564. The zero-order valence-corrected chi connectivity index (χ0v) is 15.1. The third-order valence-electron chi connectivity index (χ3n) is 4.97. The lowest BCUT2D eigenvalue weighted by Gasteiger charge is -2.39. The van der Waals surface area contributed by atoms with Crippen LogP contribution in [0.15, 0.2) is 54.9 Å². The minimum atomic E-state index is -0.0848. The molecular weight excluding hydrogens is 342 g/mol. The molecule has 27 heavy (non-hydrogen) atoms. The van der Waals surface area contributed by atoms with Gasteiger partial charge in [-0.1, -0.05) is 12.1 Å². The summed E-state index contributed by atoms with van der Waals surface area (Å²) >= 11 is 0. The number of nitrogens with two attached hydrogens (primary N) is 1. The molecule has 3 heterocycles. The predicted molar refractivity (Wildman–Crippen MR) is 102 cm³/mol. The van der Waals surface area contributed by atoms with Crippen LogP contribution in [0.1, 0.15) is 27.6 Å². The van der Waals surface area contributed by atoms with Crippen molar-refractivity contribution in [2.24, 2.45) is 0 Å². The molecule has 7 nitrogen and oxygen atoms in total. The third kappa shape index (κ3) is 3.12. The van der Waals surface area contributed by atoms with Crippen LogP contribution in [0, 0.1) is 0 Å². The second-order valence-corrected chi connectivity index (χ2v) is 6.81. The van der Waals surface area contributed by atoms with Gasteiger partial charge in [-0.05, 0) is 37.3 Å². The van der Waals surface area contributed by atoms with E-state index in [1.807, 2.05) is 31.3 Å². The summed E-state index contributed by atoms with van der Waals surface area (Å²) in [5.74, 6) is -0.114. The van der Waals surface area contributed by atoms with Gasteiger partial charge in [-0.3, -0.25) is 9.59 Å². The quantitative estimate of drug-likeness (QED) is 0.705. The molecule has 1 unspecified atom stereocenters. The van der Waals surface area contributed by atoms with Crippen molar-refractivity contribution in [2.75, 3.05) is 25.4 Å².